The van der Waals surface area contributed by atoms with Gasteiger partial charge in [0.25, 0.3) is 5.56 Å². The molecule has 8 nitrogen and oxygen atoms in total. The van der Waals surface area contributed by atoms with Crippen LogP contribution in [0.3, 0.4) is 0 Å². The highest BCUT2D eigenvalue weighted by Gasteiger charge is 2.32. The monoisotopic (exact) mass is 386 g/mol. The smallest absolute Gasteiger partial charge is 0.338 e. The van der Waals surface area contributed by atoms with Gasteiger partial charge in [-0.1, -0.05) is 6.07 Å². The Hall–Kier alpha value is -2.78. The van der Waals surface area contributed by atoms with Crippen molar-refractivity contribution in [3.63, 3.8) is 0 Å². The van der Waals surface area contributed by atoms with Crippen molar-refractivity contribution in [1.29, 1.82) is 0 Å². The van der Waals surface area contributed by atoms with Gasteiger partial charge in [-0.25, -0.2) is 14.3 Å². The molecule has 140 valence electrons. The summed E-state index contributed by atoms with van der Waals surface area (Å²) in [5.74, 6) is -0.452. The molecule has 3 aromatic heterocycles. The summed E-state index contributed by atoms with van der Waals surface area (Å²) >= 11 is 1.30. The second-order valence-corrected chi connectivity index (χ2v) is 8.16. The molecule has 0 aliphatic carbocycles. The lowest BCUT2D eigenvalue weighted by atomic mass is 9.94. The highest BCUT2D eigenvalue weighted by molar-refractivity contribution is 7.18. The van der Waals surface area contributed by atoms with E-state index < -0.39 is 22.8 Å². The number of rotatable bonds is 3. The third kappa shape index (κ3) is 2.88. The Kier molecular flexibility index (Phi) is 4.01. The molecule has 0 fully saturated rings. The molecule has 1 aliphatic heterocycles. The number of fused-ring (bicyclic) bond motifs is 3. The third-order valence-corrected chi connectivity index (χ3v) is 5.77. The molecular weight excluding hydrogens is 368 g/mol. The van der Waals surface area contributed by atoms with E-state index >= 15 is 0 Å². The number of ether oxygens (including phenoxy) is 1. The molecule has 0 unspecified atom stereocenters. The lowest BCUT2D eigenvalue weighted by molar-refractivity contribution is -0.118. The van der Waals surface area contributed by atoms with Crippen LogP contribution in [0, 0.1) is 0 Å². The predicted molar refractivity (Wildman–Crippen MR) is 101 cm³/mol. The van der Waals surface area contributed by atoms with Crippen molar-refractivity contribution in [3.8, 4) is 5.82 Å². The molecule has 4 heterocycles. The first-order valence-corrected chi connectivity index (χ1v) is 9.24. The average molecular weight is 386 g/mol. The van der Waals surface area contributed by atoms with E-state index in [0.717, 1.165) is 15.0 Å². The number of aromatic nitrogens is 3. The van der Waals surface area contributed by atoms with E-state index in [-0.39, 0.29) is 12.4 Å². The number of pyridine rings is 1. The van der Waals surface area contributed by atoms with Crippen LogP contribution in [0.1, 0.15) is 24.3 Å². The second kappa shape index (κ2) is 6.14. The minimum absolute atomic E-state index is 0.207. The fourth-order valence-corrected chi connectivity index (χ4v) is 4.55. The van der Waals surface area contributed by atoms with E-state index in [1.165, 1.54) is 22.1 Å². The Balaban J connectivity index is 2.12. The highest BCUT2D eigenvalue weighted by Crippen LogP contribution is 2.37. The van der Waals surface area contributed by atoms with Gasteiger partial charge in [-0.3, -0.25) is 14.2 Å². The predicted octanol–water partition coefficient (Wildman–Crippen LogP) is 0.945. The zero-order valence-corrected chi connectivity index (χ0v) is 15.7. The lowest BCUT2D eigenvalue weighted by Gasteiger charge is -2.29. The summed E-state index contributed by atoms with van der Waals surface area (Å²) in [4.78, 5) is 43.4. The van der Waals surface area contributed by atoms with Crippen molar-refractivity contribution >= 4 is 27.5 Å². The number of amides is 1. The van der Waals surface area contributed by atoms with Crippen LogP contribution in [0.2, 0.25) is 0 Å². The Morgan fingerprint density at radius 1 is 1.37 bits per heavy atom. The summed E-state index contributed by atoms with van der Waals surface area (Å²) in [6.07, 6.45) is 2.04. The van der Waals surface area contributed by atoms with Crippen molar-refractivity contribution in [2.45, 2.75) is 39.0 Å². The molecule has 0 saturated carbocycles. The van der Waals surface area contributed by atoms with E-state index in [2.05, 4.69) is 4.98 Å². The quantitative estimate of drug-likeness (QED) is 0.721. The van der Waals surface area contributed by atoms with Crippen molar-refractivity contribution in [2.75, 3.05) is 0 Å². The second-order valence-electron chi connectivity index (χ2n) is 7.07. The first-order valence-electron chi connectivity index (χ1n) is 8.42. The molecule has 0 atom stereocenters. The van der Waals surface area contributed by atoms with E-state index in [0.29, 0.717) is 23.2 Å². The van der Waals surface area contributed by atoms with Gasteiger partial charge in [-0.15, -0.1) is 11.3 Å². The number of nitrogens with two attached hydrogens (primary N) is 1. The van der Waals surface area contributed by atoms with Crippen LogP contribution >= 0.6 is 11.3 Å². The number of nitrogens with zero attached hydrogens (tertiary/aromatic N) is 3. The SMILES string of the molecule is CC1(C)Cc2c(sc3c2c(=O)n(-c2ccccn2)c(=O)n3CC(N)=O)CO1. The third-order valence-electron chi connectivity index (χ3n) is 4.55. The molecule has 4 rings (SSSR count). The maximum atomic E-state index is 13.3. The van der Waals surface area contributed by atoms with Crippen LogP contribution in [0.4, 0.5) is 0 Å². The van der Waals surface area contributed by atoms with Gasteiger partial charge in [-0.2, -0.15) is 0 Å². The number of thiophene rings is 1. The van der Waals surface area contributed by atoms with Gasteiger partial charge in [-0.05, 0) is 31.5 Å². The summed E-state index contributed by atoms with van der Waals surface area (Å²) in [6.45, 7) is 3.95. The summed E-state index contributed by atoms with van der Waals surface area (Å²) in [7, 11) is 0. The molecule has 1 aliphatic rings. The van der Waals surface area contributed by atoms with Crippen molar-refractivity contribution in [3.05, 3.63) is 55.7 Å². The number of hydrogen-bond donors (Lipinski definition) is 1. The average Bonchev–Trinajstić information content (AvgIpc) is 2.97. The summed E-state index contributed by atoms with van der Waals surface area (Å²) in [5.41, 5.74) is 4.72. The molecular formula is C18H18N4O4S. The van der Waals surface area contributed by atoms with E-state index in [4.69, 9.17) is 10.5 Å². The van der Waals surface area contributed by atoms with E-state index in [1.807, 2.05) is 13.8 Å². The molecule has 0 spiro atoms. The Bertz CT molecular complexity index is 1170. The number of carbonyl (C=O) groups is 1. The molecule has 0 radical (unpaired) electrons. The Labute approximate surface area is 157 Å². The Morgan fingerprint density at radius 2 is 2.15 bits per heavy atom. The van der Waals surface area contributed by atoms with Crippen molar-refractivity contribution < 1.29 is 9.53 Å². The molecule has 27 heavy (non-hydrogen) atoms. The summed E-state index contributed by atoms with van der Waals surface area (Å²) < 4.78 is 8.09. The van der Waals surface area contributed by atoms with Gasteiger partial charge >= 0.3 is 5.69 Å². The fourth-order valence-electron chi connectivity index (χ4n) is 3.34. The maximum absolute atomic E-state index is 13.3. The summed E-state index contributed by atoms with van der Waals surface area (Å²) in [5, 5.41) is 0.429. The highest BCUT2D eigenvalue weighted by atomic mass is 32.1. The fraction of sp³-hybridized carbons (Fsp3) is 0.333. The molecule has 9 heteroatoms. The van der Waals surface area contributed by atoms with E-state index in [9.17, 15) is 14.4 Å². The van der Waals surface area contributed by atoms with Crippen LogP contribution in [-0.4, -0.2) is 25.6 Å². The molecule has 2 N–H and O–H groups in total. The van der Waals surface area contributed by atoms with Gasteiger partial charge < -0.3 is 10.5 Å². The molecule has 0 aromatic carbocycles. The van der Waals surface area contributed by atoms with Gasteiger partial charge in [0.2, 0.25) is 5.91 Å². The number of carbonyl (C=O) groups excluding carboxylic acids is 1. The summed E-state index contributed by atoms with van der Waals surface area (Å²) in [6, 6.07) is 4.97. The number of primary amides is 1. The normalized spacial score (nSPS) is 15.6. The first kappa shape index (κ1) is 17.6. The minimum Gasteiger partial charge on any atom is -0.370 e. The molecule has 3 aromatic rings. The van der Waals surface area contributed by atoms with Crippen molar-refractivity contribution in [2.24, 2.45) is 5.73 Å². The first-order chi connectivity index (χ1) is 12.8. The van der Waals surface area contributed by atoms with Crippen molar-refractivity contribution in [1.82, 2.24) is 14.1 Å². The maximum Gasteiger partial charge on any atom is 0.338 e. The standard InChI is InChI=1S/C18H18N4O4S/c1-18(2)7-10-11(9-26-18)27-16-14(10)15(24)22(13-5-3-4-6-20-13)17(25)21(16)8-12(19)23/h3-6H,7-9H2,1-2H3,(H2,19,23). The largest absolute Gasteiger partial charge is 0.370 e. The van der Waals surface area contributed by atoms with Gasteiger partial charge in [0.1, 0.15) is 17.2 Å². The van der Waals surface area contributed by atoms with E-state index in [1.54, 1.807) is 18.2 Å². The van der Waals surface area contributed by atoms with Gasteiger partial charge in [0, 0.05) is 17.5 Å². The van der Waals surface area contributed by atoms with Crippen LogP contribution < -0.4 is 17.0 Å². The molecule has 0 saturated heterocycles. The zero-order valence-electron chi connectivity index (χ0n) is 14.9. The topological polar surface area (TPSA) is 109 Å². The van der Waals surface area contributed by atoms with Crippen LogP contribution in [0.15, 0.2) is 34.0 Å². The minimum atomic E-state index is -0.660. The zero-order chi connectivity index (χ0) is 19.3. The number of hydrogen-bond acceptors (Lipinski definition) is 6. The van der Waals surface area contributed by atoms with Crippen LogP contribution in [0.5, 0.6) is 0 Å². The Morgan fingerprint density at radius 3 is 2.81 bits per heavy atom. The van der Waals surface area contributed by atoms with Crippen LogP contribution in [0.25, 0.3) is 16.0 Å². The molecule has 1 amide bonds. The van der Waals surface area contributed by atoms with Gasteiger partial charge in [0.05, 0.1) is 17.6 Å². The molecule has 0 bridgehead atoms. The van der Waals surface area contributed by atoms with Gasteiger partial charge in [0.15, 0.2) is 0 Å². The van der Waals surface area contributed by atoms with Crippen LogP contribution in [-0.2, 0) is 29.1 Å². The lowest BCUT2D eigenvalue weighted by Crippen LogP contribution is -2.41.